The molecular weight excluding hydrogens is 238 g/mol. The summed E-state index contributed by atoms with van der Waals surface area (Å²) in [5, 5.41) is 0. The predicted molar refractivity (Wildman–Crippen MR) is 77.1 cm³/mol. The molecule has 3 rings (SSSR count). The van der Waals surface area contributed by atoms with Crippen molar-refractivity contribution in [3.63, 3.8) is 0 Å². The fourth-order valence-corrected chi connectivity index (χ4v) is 2.28. The Morgan fingerprint density at radius 1 is 1.16 bits per heavy atom. The van der Waals surface area contributed by atoms with Gasteiger partial charge < -0.3 is 15.0 Å². The van der Waals surface area contributed by atoms with E-state index in [4.69, 9.17) is 10.5 Å². The van der Waals surface area contributed by atoms with Crippen LogP contribution in [0.25, 0.3) is 22.4 Å². The van der Waals surface area contributed by atoms with Crippen molar-refractivity contribution >= 4 is 16.7 Å². The summed E-state index contributed by atoms with van der Waals surface area (Å²) in [5.74, 6) is 1.69. The minimum Gasteiger partial charge on any atom is -0.496 e. The number of ether oxygens (including phenoxy) is 1. The Morgan fingerprint density at radius 2 is 1.95 bits per heavy atom. The third-order valence-corrected chi connectivity index (χ3v) is 3.25. The van der Waals surface area contributed by atoms with E-state index >= 15 is 0 Å². The van der Waals surface area contributed by atoms with Crippen molar-refractivity contribution in [2.75, 3.05) is 12.8 Å². The summed E-state index contributed by atoms with van der Waals surface area (Å²) < 4.78 is 7.43. The molecule has 0 radical (unpaired) electrons. The van der Waals surface area contributed by atoms with Crippen LogP contribution in [0.4, 0.5) is 5.69 Å². The molecule has 0 aliphatic carbocycles. The molecule has 0 bridgehead atoms. The number of nitrogen functional groups attached to an aromatic ring is 1. The Kier molecular flexibility index (Phi) is 2.63. The average Bonchev–Trinajstić information content (AvgIpc) is 2.76. The number of anilines is 1. The lowest BCUT2D eigenvalue weighted by Crippen LogP contribution is -1.95. The summed E-state index contributed by atoms with van der Waals surface area (Å²) >= 11 is 0. The maximum absolute atomic E-state index is 5.83. The fourth-order valence-electron chi connectivity index (χ4n) is 2.28. The first-order valence-electron chi connectivity index (χ1n) is 6.06. The molecule has 2 N–H and O–H groups in total. The second kappa shape index (κ2) is 4.31. The lowest BCUT2D eigenvalue weighted by Gasteiger charge is -2.07. The van der Waals surface area contributed by atoms with E-state index in [1.807, 2.05) is 54.1 Å². The molecule has 19 heavy (non-hydrogen) atoms. The molecule has 4 nitrogen and oxygen atoms in total. The lowest BCUT2D eigenvalue weighted by molar-refractivity contribution is 0.416. The van der Waals surface area contributed by atoms with Crippen molar-refractivity contribution in [2.24, 2.45) is 7.05 Å². The summed E-state index contributed by atoms with van der Waals surface area (Å²) in [4.78, 5) is 4.66. The van der Waals surface area contributed by atoms with Crippen LogP contribution in [0.3, 0.4) is 0 Å². The van der Waals surface area contributed by atoms with E-state index in [1.165, 1.54) is 0 Å². The highest BCUT2D eigenvalue weighted by Crippen LogP contribution is 2.31. The van der Waals surface area contributed by atoms with E-state index in [9.17, 15) is 0 Å². The summed E-state index contributed by atoms with van der Waals surface area (Å²) in [6.07, 6.45) is 0. The van der Waals surface area contributed by atoms with Gasteiger partial charge in [0.1, 0.15) is 11.6 Å². The van der Waals surface area contributed by atoms with Gasteiger partial charge in [0.2, 0.25) is 0 Å². The van der Waals surface area contributed by atoms with Gasteiger partial charge in [0.25, 0.3) is 0 Å². The number of nitrogens with zero attached hydrogens (tertiary/aromatic N) is 2. The number of fused-ring (bicyclic) bond motifs is 1. The first-order chi connectivity index (χ1) is 9.20. The van der Waals surface area contributed by atoms with E-state index in [0.717, 1.165) is 33.9 Å². The van der Waals surface area contributed by atoms with Gasteiger partial charge in [-0.25, -0.2) is 4.98 Å². The predicted octanol–water partition coefficient (Wildman–Crippen LogP) is 2.83. The Labute approximate surface area is 111 Å². The molecule has 0 saturated heterocycles. The van der Waals surface area contributed by atoms with Crippen LogP contribution in [-0.4, -0.2) is 16.7 Å². The van der Waals surface area contributed by atoms with Gasteiger partial charge in [0, 0.05) is 12.7 Å². The normalized spacial score (nSPS) is 10.8. The van der Waals surface area contributed by atoms with Crippen LogP contribution in [0, 0.1) is 0 Å². The Balaban J connectivity index is 2.28. The summed E-state index contributed by atoms with van der Waals surface area (Å²) in [7, 11) is 3.65. The molecule has 0 fully saturated rings. The van der Waals surface area contributed by atoms with Crippen molar-refractivity contribution < 1.29 is 4.74 Å². The summed E-state index contributed by atoms with van der Waals surface area (Å²) in [6, 6.07) is 13.6. The van der Waals surface area contributed by atoms with Gasteiger partial charge in [-0.05, 0) is 30.3 Å². The van der Waals surface area contributed by atoms with Gasteiger partial charge in [-0.15, -0.1) is 0 Å². The van der Waals surface area contributed by atoms with Crippen molar-refractivity contribution in [2.45, 2.75) is 0 Å². The zero-order valence-corrected chi connectivity index (χ0v) is 10.9. The molecular formula is C15H15N3O. The van der Waals surface area contributed by atoms with E-state index in [2.05, 4.69) is 4.98 Å². The number of nitrogens with two attached hydrogens (primary N) is 1. The van der Waals surface area contributed by atoms with Gasteiger partial charge in [0.15, 0.2) is 0 Å². The SMILES string of the molecule is COc1ccccc1-c1nc2ccc(N)cc2n1C. The van der Waals surface area contributed by atoms with Crippen LogP contribution < -0.4 is 10.5 Å². The first kappa shape index (κ1) is 11.6. The van der Waals surface area contributed by atoms with Gasteiger partial charge in [-0.1, -0.05) is 12.1 Å². The molecule has 96 valence electrons. The quantitative estimate of drug-likeness (QED) is 0.714. The third-order valence-electron chi connectivity index (χ3n) is 3.25. The third kappa shape index (κ3) is 1.81. The van der Waals surface area contributed by atoms with Crippen LogP contribution >= 0.6 is 0 Å². The van der Waals surface area contributed by atoms with Crippen LogP contribution in [0.15, 0.2) is 42.5 Å². The molecule has 2 aromatic carbocycles. The summed E-state index contributed by atoms with van der Waals surface area (Å²) in [5.41, 5.74) is 9.49. The molecule has 0 aliphatic heterocycles. The lowest BCUT2D eigenvalue weighted by atomic mass is 10.2. The summed E-state index contributed by atoms with van der Waals surface area (Å²) in [6.45, 7) is 0. The van der Waals surface area contributed by atoms with Crippen LogP contribution in [0.1, 0.15) is 0 Å². The second-order valence-corrected chi connectivity index (χ2v) is 4.44. The number of hydrogen-bond acceptors (Lipinski definition) is 3. The van der Waals surface area contributed by atoms with Crippen molar-refractivity contribution in [3.05, 3.63) is 42.5 Å². The molecule has 0 spiro atoms. The van der Waals surface area contributed by atoms with E-state index in [-0.39, 0.29) is 0 Å². The topological polar surface area (TPSA) is 53.1 Å². The largest absolute Gasteiger partial charge is 0.496 e. The zero-order valence-electron chi connectivity index (χ0n) is 10.9. The number of aryl methyl sites for hydroxylation is 1. The number of hydrogen-bond donors (Lipinski definition) is 1. The molecule has 0 saturated carbocycles. The molecule has 0 unspecified atom stereocenters. The number of imidazole rings is 1. The number of methoxy groups -OCH3 is 1. The highest BCUT2D eigenvalue weighted by Gasteiger charge is 2.13. The highest BCUT2D eigenvalue weighted by molar-refractivity contribution is 5.84. The Morgan fingerprint density at radius 3 is 2.74 bits per heavy atom. The van der Waals surface area contributed by atoms with Crippen molar-refractivity contribution in [1.29, 1.82) is 0 Å². The molecule has 1 heterocycles. The smallest absolute Gasteiger partial charge is 0.144 e. The van der Waals surface area contributed by atoms with E-state index in [0.29, 0.717) is 0 Å². The van der Waals surface area contributed by atoms with E-state index in [1.54, 1.807) is 7.11 Å². The van der Waals surface area contributed by atoms with E-state index < -0.39 is 0 Å². The number of para-hydroxylation sites is 1. The Bertz CT molecular complexity index is 746. The molecule has 0 amide bonds. The van der Waals surface area contributed by atoms with Gasteiger partial charge in [-0.3, -0.25) is 0 Å². The monoisotopic (exact) mass is 253 g/mol. The number of rotatable bonds is 2. The molecule has 3 aromatic rings. The number of aromatic nitrogens is 2. The van der Waals surface area contributed by atoms with Crippen molar-refractivity contribution in [1.82, 2.24) is 9.55 Å². The van der Waals surface area contributed by atoms with Crippen LogP contribution in [0.2, 0.25) is 0 Å². The molecule has 0 atom stereocenters. The highest BCUT2D eigenvalue weighted by atomic mass is 16.5. The standard InChI is InChI=1S/C15H15N3O/c1-18-13-9-10(16)7-8-12(13)17-15(18)11-5-3-4-6-14(11)19-2/h3-9H,16H2,1-2H3. The minimum atomic E-state index is 0.738. The maximum atomic E-state index is 5.83. The zero-order chi connectivity index (χ0) is 13.4. The van der Waals surface area contributed by atoms with Gasteiger partial charge >= 0.3 is 0 Å². The molecule has 0 aliphatic rings. The van der Waals surface area contributed by atoms with Gasteiger partial charge in [-0.2, -0.15) is 0 Å². The van der Waals surface area contributed by atoms with Gasteiger partial charge in [0.05, 0.1) is 23.7 Å². The fraction of sp³-hybridized carbons (Fsp3) is 0.133. The minimum absolute atomic E-state index is 0.738. The maximum Gasteiger partial charge on any atom is 0.144 e. The second-order valence-electron chi connectivity index (χ2n) is 4.44. The average molecular weight is 253 g/mol. The first-order valence-corrected chi connectivity index (χ1v) is 6.06. The van der Waals surface area contributed by atoms with Crippen LogP contribution in [-0.2, 0) is 7.05 Å². The number of benzene rings is 2. The van der Waals surface area contributed by atoms with Crippen molar-refractivity contribution in [3.8, 4) is 17.1 Å². The Hall–Kier alpha value is -2.49. The van der Waals surface area contributed by atoms with Crippen LogP contribution in [0.5, 0.6) is 5.75 Å². The molecule has 1 aromatic heterocycles. The molecule has 4 heteroatoms.